The Kier molecular flexibility index (Phi) is 18.3. The van der Waals surface area contributed by atoms with E-state index >= 15 is 0 Å². The molecule has 6 nitrogen and oxygen atoms in total. The average molecular weight is 493 g/mol. The third-order valence-electron chi connectivity index (χ3n) is 7.63. The highest BCUT2D eigenvalue weighted by Crippen LogP contribution is 2.35. The van der Waals surface area contributed by atoms with Gasteiger partial charge < -0.3 is 18.8 Å². The fourth-order valence-electron chi connectivity index (χ4n) is 5.18. The maximum absolute atomic E-state index is 11.6. The average Bonchev–Trinajstić information content (AvgIpc) is 2.79. The van der Waals surface area contributed by atoms with Gasteiger partial charge in [-0.15, -0.1) is 0 Å². The molecular weight excluding hydrogens is 435 g/mol. The van der Waals surface area contributed by atoms with Crippen molar-refractivity contribution in [2.45, 2.75) is 125 Å². The van der Waals surface area contributed by atoms with Crippen molar-refractivity contribution in [1.82, 2.24) is 0 Å². The zero-order chi connectivity index (χ0) is 25.2. The van der Waals surface area contributed by atoms with Crippen molar-refractivity contribution in [3.63, 3.8) is 0 Å². The molecule has 0 saturated heterocycles. The smallest absolute Gasteiger partial charge is 0.197 e. The fourth-order valence-corrected chi connectivity index (χ4v) is 5.78. The number of hydrogen-bond donors (Lipinski definition) is 0. The number of phosphoric ester groups is 1. The fraction of sp³-hybridized carbons (Fsp3) is 1.00. The Morgan fingerprint density at radius 1 is 0.636 bits per heavy atom. The minimum absolute atomic E-state index is 0.542. The summed E-state index contributed by atoms with van der Waals surface area (Å²) >= 11 is 0. The molecule has 1 unspecified atom stereocenters. The monoisotopic (exact) mass is 492 g/mol. The van der Waals surface area contributed by atoms with Gasteiger partial charge >= 0.3 is 0 Å². The quantitative estimate of drug-likeness (QED) is 0.0806. The summed E-state index contributed by atoms with van der Waals surface area (Å²) in [7, 11) is -5.03. The number of hydrogen-bond acceptors (Lipinski definition) is 4. The molecule has 0 rings (SSSR count). The van der Waals surface area contributed by atoms with Gasteiger partial charge in [0.05, 0.1) is 53.6 Å². The minimum Gasteiger partial charge on any atom is -0.790 e. The predicted molar refractivity (Wildman–Crippen MR) is 137 cm³/mol. The van der Waals surface area contributed by atoms with Gasteiger partial charge in [0.2, 0.25) is 0 Å². The van der Waals surface area contributed by atoms with Crippen LogP contribution in [-0.2, 0) is 9.09 Å². The third kappa shape index (κ3) is 13.6. The van der Waals surface area contributed by atoms with Gasteiger partial charge in [0.15, 0.2) is 6.23 Å². The lowest BCUT2D eigenvalue weighted by molar-refractivity contribution is -0.968. The molecule has 33 heavy (non-hydrogen) atoms. The van der Waals surface area contributed by atoms with E-state index < -0.39 is 14.1 Å². The van der Waals surface area contributed by atoms with Crippen LogP contribution in [0.5, 0.6) is 0 Å². The molecule has 0 fully saturated rings. The van der Waals surface area contributed by atoms with Gasteiger partial charge in [-0.3, -0.25) is 9.01 Å². The number of quaternary nitrogens is 2. The normalized spacial score (nSPS) is 14.1. The Balaban J connectivity index is 5.19. The van der Waals surface area contributed by atoms with Crippen LogP contribution in [0.15, 0.2) is 0 Å². The van der Waals surface area contributed by atoms with E-state index in [9.17, 15) is 14.4 Å². The maximum atomic E-state index is 11.6. The van der Waals surface area contributed by atoms with E-state index in [1.807, 2.05) is 0 Å². The molecule has 0 heterocycles. The van der Waals surface area contributed by atoms with Gasteiger partial charge in [0.1, 0.15) is 0 Å². The molecule has 0 radical (unpaired) electrons. The molecule has 0 aromatic heterocycles. The molecule has 0 saturated carbocycles. The molecule has 0 spiro atoms. The Morgan fingerprint density at radius 2 is 1.09 bits per heavy atom. The van der Waals surface area contributed by atoms with Gasteiger partial charge in [-0.1, -0.05) is 53.4 Å². The van der Waals surface area contributed by atoms with E-state index in [1.54, 1.807) is 0 Å². The van der Waals surface area contributed by atoms with Crippen molar-refractivity contribution in [3.8, 4) is 0 Å². The standard InChI is InChI=1S/C26H57N2O4P/c1-7-13-21-27(11-5,22-14-8-2)23-19-17-18-20-26(32-33(29,30)31)28(12-6,24-15-9-3)25-16-10-4/h26H,7-25H2,1-6H3. The van der Waals surface area contributed by atoms with Crippen LogP contribution in [0.2, 0.25) is 0 Å². The Bertz CT molecular complexity index is 497. The molecule has 0 aromatic rings. The first kappa shape index (κ1) is 33.0. The largest absolute Gasteiger partial charge is 0.790 e. The molecule has 0 aliphatic rings. The van der Waals surface area contributed by atoms with Crippen molar-refractivity contribution >= 4 is 7.82 Å². The van der Waals surface area contributed by atoms with E-state index in [1.165, 1.54) is 56.3 Å². The highest BCUT2D eigenvalue weighted by atomic mass is 31.2. The Labute approximate surface area is 206 Å². The Morgan fingerprint density at radius 3 is 1.48 bits per heavy atom. The number of nitrogens with zero attached hydrogens (tertiary/aromatic N) is 2. The first-order valence-electron chi connectivity index (χ1n) is 14.1. The zero-order valence-electron chi connectivity index (χ0n) is 23.0. The molecule has 0 aromatic carbocycles. The van der Waals surface area contributed by atoms with Crippen molar-refractivity contribution in [2.75, 3.05) is 45.8 Å². The van der Waals surface area contributed by atoms with Crippen molar-refractivity contribution in [3.05, 3.63) is 0 Å². The molecule has 7 heteroatoms. The lowest BCUT2D eigenvalue weighted by atomic mass is 10.1. The molecule has 0 bridgehead atoms. The summed E-state index contributed by atoms with van der Waals surface area (Å²) in [5.74, 6) is 0. The summed E-state index contributed by atoms with van der Waals surface area (Å²) in [6.07, 6.45) is 12.4. The summed E-state index contributed by atoms with van der Waals surface area (Å²) in [5, 5.41) is 0. The van der Waals surface area contributed by atoms with Gasteiger partial charge in [0, 0.05) is 6.42 Å². The lowest BCUT2D eigenvalue weighted by Crippen LogP contribution is -2.57. The van der Waals surface area contributed by atoms with E-state index in [0.29, 0.717) is 10.9 Å². The SMILES string of the molecule is CCCC[N+](CC)(CCCC)CCCCCC(OP(=O)([O-])[O-])[N+](CC)(CCCC)CCCC. The number of phosphoric acid groups is 1. The van der Waals surface area contributed by atoms with Crippen LogP contribution in [0, 0.1) is 0 Å². The second kappa shape index (κ2) is 18.3. The van der Waals surface area contributed by atoms with Crippen LogP contribution in [0.4, 0.5) is 0 Å². The minimum atomic E-state index is -5.03. The maximum Gasteiger partial charge on any atom is 0.197 e. The Hall–Kier alpha value is 0.0300. The van der Waals surface area contributed by atoms with Gasteiger partial charge in [-0.2, -0.15) is 0 Å². The zero-order valence-corrected chi connectivity index (χ0v) is 23.9. The molecule has 0 amide bonds. The van der Waals surface area contributed by atoms with Gasteiger partial charge in [-0.05, 0) is 58.8 Å². The highest BCUT2D eigenvalue weighted by molar-refractivity contribution is 7.43. The summed E-state index contributed by atoms with van der Waals surface area (Å²) in [6, 6.07) is 0. The summed E-state index contributed by atoms with van der Waals surface area (Å²) in [4.78, 5) is 23.3. The summed E-state index contributed by atoms with van der Waals surface area (Å²) in [5.41, 5.74) is 0. The second-order valence-electron chi connectivity index (χ2n) is 10.1. The van der Waals surface area contributed by atoms with Crippen LogP contribution < -0.4 is 9.79 Å². The molecule has 0 aliphatic carbocycles. The molecule has 0 N–H and O–H groups in total. The van der Waals surface area contributed by atoms with Crippen molar-refractivity contribution < 1.29 is 27.8 Å². The van der Waals surface area contributed by atoms with Crippen LogP contribution in [0.3, 0.4) is 0 Å². The lowest BCUT2D eigenvalue weighted by Gasteiger charge is -2.47. The predicted octanol–water partition coefficient (Wildman–Crippen LogP) is 5.59. The van der Waals surface area contributed by atoms with E-state index in [-0.39, 0.29) is 0 Å². The number of rotatable bonds is 23. The van der Waals surface area contributed by atoms with Crippen molar-refractivity contribution in [1.29, 1.82) is 0 Å². The molecule has 1 atom stereocenters. The van der Waals surface area contributed by atoms with Crippen LogP contribution >= 0.6 is 7.82 Å². The molecule has 200 valence electrons. The molecule has 0 aliphatic heterocycles. The summed E-state index contributed by atoms with van der Waals surface area (Å²) < 4.78 is 18.7. The van der Waals surface area contributed by atoms with Crippen LogP contribution in [0.25, 0.3) is 0 Å². The first-order chi connectivity index (χ1) is 15.7. The second-order valence-corrected chi connectivity index (χ2v) is 11.2. The van der Waals surface area contributed by atoms with Crippen LogP contribution in [-0.4, -0.2) is 61.0 Å². The van der Waals surface area contributed by atoms with Gasteiger partial charge in [0.25, 0.3) is 0 Å². The number of unbranched alkanes of at least 4 members (excludes halogenated alkanes) is 6. The highest BCUT2D eigenvalue weighted by Gasteiger charge is 2.36. The van der Waals surface area contributed by atoms with Crippen LogP contribution in [0.1, 0.15) is 119 Å². The first-order valence-corrected chi connectivity index (χ1v) is 15.5. The summed E-state index contributed by atoms with van der Waals surface area (Å²) in [6.45, 7) is 20.7. The third-order valence-corrected chi connectivity index (χ3v) is 8.13. The van der Waals surface area contributed by atoms with E-state index in [0.717, 1.165) is 64.6 Å². The van der Waals surface area contributed by atoms with Crippen molar-refractivity contribution in [2.24, 2.45) is 0 Å². The topological polar surface area (TPSA) is 72.4 Å². The van der Waals surface area contributed by atoms with E-state index in [4.69, 9.17) is 4.52 Å². The molecular formula is C26H57N2O4P. The van der Waals surface area contributed by atoms with E-state index in [2.05, 4.69) is 41.5 Å². The van der Waals surface area contributed by atoms with Gasteiger partial charge in [-0.25, -0.2) is 0 Å².